The van der Waals surface area contributed by atoms with Crippen molar-refractivity contribution in [3.8, 4) is 0 Å². The normalized spacial score (nSPS) is 20.4. The van der Waals surface area contributed by atoms with Gasteiger partial charge in [0.05, 0.1) is 6.54 Å². The summed E-state index contributed by atoms with van der Waals surface area (Å²) >= 11 is 0. The van der Waals surface area contributed by atoms with Crippen molar-refractivity contribution < 1.29 is 4.79 Å². The van der Waals surface area contributed by atoms with E-state index in [1.54, 1.807) is 0 Å². The van der Waals surface area contributed by atoms with Crippen LogP contribution in [0.2, 0.25) is 0 Å². The minimum atomic E-state index is 0.150. The lowest BCUT2D eigenvalue weighted by atomic mass is 9.99. The monoisotopic (exact) mass is 302 g/mol. The van der Waals surface area contributed by atoms with Gasteiger partial charge in [0, 0.05) is 12.1 Å². The maximum absolute atomic E-state index is 12.3. The van der Waals surface area contributed by atoms with Crippen molar-refractivity contribution in [2.45, 2.75) is 59.5 Å². The average molecular weight is 302 g/mol. The van der Waals surface area contributed by atoms with E-state index in [1.807, 2.05) is 0 Å². The van der Waals surface area contributed by atoms with Crippen LogP contribution < -0.4 is 5.32 Å². The summed E-state index contributed by atoms with van der Waals surface area (Å²) in [5, 5.41) is 3.12. The highest BCUT2D eigenvalue weighted by molar-refractivity contribution is 5.78. The van der Waals surface area contributed by atoms with Gasteiger partial charge in [-0.3, -0.25) is 9.69 Å². The van der Waals surface area contributed by atoms with Gasteiger partial charge >= 0.3 is 0 Å². The van der Waals surface area contributed by atoms with Gasteiger partial charge in [-0.1, -0.05) is 43.2 Å². The van der Waals surface area contributed by atoms with Crippen molar-refractivity contribution in [1.29, 1.82) is 0 Å². The van der Waals surface area contributed by atoms with Crippen molar-refractivity contribution in [2.75, 3.05) is 13.1 Å². The van der Waals surface area contributed by atoms with Gasteiger partial charge in [0.25, 0.3) is 0 Å². The number of likely N-dealkylation sites (tertiary alicyclic amines) is 1. The minimum Gasteiger partial charge on any atom is -0.352 e. The maximum Gasteiger partial charge on any atom is 0.234 e. The van der Waals surface area contributed by atoms with E-state index in [0.29, 0.717) is 18.5 Å². The number of rotatable bonds is 5. The number of nitrogens with zero attached hydrogens (tertiary/aromatic N) is 1. The van der Waals surface area contributed by atoms with Crippen LogP contribution in [0, 0.1) is 19.8 Å². The Bertz CT molecular complexity index is 504. The van der Waals surface area contributed by atoms with Crippen LogP contribution in [0.3, 0.4) is 0 Å². The standard InChI is InChI=1S/C19H30N2O/c1-13(2)16(5)20-19(22)12-21-8-6-7-18(21)17-10-14(3)9-15(4)11-17/h9-11,13,16,18H,6-8,12H2,1-5H3,(H,20,22). The Balaban J connectivity index is 2.03. The molecule has 0 radical (unpaired) electrons. The van der Waals surface area contributed by atoms with Crippen molar-refractivity contribution in [3.63, 3.8) is 0 Å². The molecule has 1 N–H and O–H groups in total. The number of carbonyl (C=O) groups excluding carboxylic acids is 1. The lowest BCUT2D eigenvalue weighted by molar-refractivity contribution is -0.123. The second-order valence-electron chi connectivity index (χ2n) is 7.15. The molecule has 22 heavy (non-hydrogen) atoms. The Morgan fingerprint density at radius 3 is 2.45 bits per heavy atom. The van der Waals surface area contributed by atoms with Crippen LogP contribution >= 0.6 is 0 Å². The van der Waals surface area contributed by atoms with Gasteiger partial charge in [-0.15, -0.1) is 0 Å². The first-order valence-electron chi connectivity index (χ1n) is 8.48. The molecule has 1 saturated heterocycles. The van der Waals surface area contributed by atoms with Gasteiger partial charge in [0.15, 0.2) is 0 Å². The molecule has 0 aliphatic carbocycles. The summed E-state index contributed by atoms with van der Waals surface area (Å²) in [6.07, 6.45) is 2.32. The number of hydrogen-bond acceptors (Lipinski definition) is 2. The molecule has 2 rings (SSSR count). The van der Waals surface area contributed by atoms with Crippen molar-refractivity contribution >= 4 is 5.91 Å². The summed E-state index contributed by atoms with van der Waals surface area (Å²) < 4.78 is 0. The van der Waals surface area contributed by atoms with Crippen molar-refractivity contribution in [2.24, 2.45) is 5.92 Å². The Kier molecular flexibility index (Phi) is 5.63. The summed E-state index contributed by atoms with van der Waals surface area (Å²) in [6.45, 7) is 12.2. The molecule has 1 amide bonds. The maximum atomic E-state index is 12.3. The summed E-state index contributed by atoms with van der Waals surface area (Å²) in [5.41, 5.74) is 3.97. The quantitative estimate of drug-likeness (QED) is 0.901. The SMILES string of the molecule is Cc1cc(C)cc(C2CCCN2CC(=O)NC(C)C(C)C)c1. The zero-order valence-electron chi connectivity index (χ0n) is 14.6. The second-order valence-corrected chi connectivity index (χ2v) is 7.15. The van der Waals surface area contributed by atoms with E-state index in [0.717, 1.165) is 13.0 Å². The van der Waals surface area contributed by atoms with E-state index in [9.17, 15) is 4.79 Å². The van der Waals surface area contributed by atoms with E-state index in [2.05, 4.69) is 63.0 Å². The third kappa shape index (κ3) is 4.33. The van der Waals surface area contributed by atoms with Gasteiger partial charge in [-0.05, 0) is 51.6 Å². The minimum absolute atomic E-state index is 0.150. The van der Waals surface area contributed by atoms with E-state index >= 15 is 0 Å². The van der Waals surface area contributed by atoms with Gasteiger partial charge in [-0.25, -0.2) is 0 Å². The molecule has 2 unspecified atom stereocenters. The van der Waals surface area contributed by atoms with Gasteiger partial charge in [-0.2, -0.15) is 0 Å². The Hall–Kier alpha value is -1.35. The van der Waals surface area contributed by atoms with Crippen molar-refractivity contribution in [3.05, 3.63) is 34.9 Å². The molecule has 3 heteroatoms. The highest BCUT2D eigenvalue weighted by Gasteiger charge is 2.28. The first-order chi connectivity index (χ1) is 10.4. The number of nitrogens with one attached hydrogen (secondary N) is 1. The van der Waals surface area contributed by atoms with Crippen molar-refractivity contribution in [1.82, 2.24) is 10.2 Å². The van der Waals surface area contributed by atoms with E-state index in [1.165, 1.54) is 23.1 Å². The molecule has 0 aromatic heterocycles. The Morgan fingerprint density at radius 1 is 1.23 bits per heavy atom. The molecule has 1 fully saturated rings. The van der Waals surface area contributed by atoms with Crippen LogP contribution in [-0.2, 0) is 4.79 Å². The molecule has 0 bridgehead atoms. The van der Waals surface area contributed by atoms with Crippen LogP contribution in [-0.4, -0.2) is 29.9 Å². The molecule has 1 aliphatic rings. The van der Waals surface area contributed by atoms with E-state index in [4.69, 9.17) is 0 Å². The van der Waals surface area contributed by atoms with Crippen LogP contribution in [0.15, 0.2) is 18.2 Å². The number of carbonyl (C=O) groups is 1. The third-order valence-electron chi connectivity index (χ3n) is 4.73. The van der Waals surface area contributed by atoms with Gasteiger partial charge in [0.1, 0.15) is 0 Å². The summed E-state index contributed by atoms with van der Waals surface area (Å²) in [4.78, 5) is 14.6. The molecule has 1 aromatic rings. The second kappa shape index (κ2) is 7.28. The fraction of sp³-hybridized carbons (Fsp3) is 0.632. The van der Waals surface area contributed by atoms with Crippen LogP contribution in [0.1, 0.15) is 56.3 Å². The molecule has 2 atom stereocenters. The summed E-state index contributed by atoms with van der Waals surface area (Å²) in [7, 11) is 0. The lowest BCUT2D eigenvalue weighted by Crippen LogP contribution is -2.42. The van der Waals surface area contributed by atoms with Gasteiger partial charge in [0.2, 0.25) is 5.91 Å². The molecule has 0 saturated carbocycles. The third-order valence-corrected chi connectivity index (χ3v) is 4.73. The molecule has 1 aliphatic heterocycles. The summed E-state index contributed by atoms with van der Waals surface area (Å²) in [6, 6.07) is 7.36. The zero-order chi connectivity index (χ0) is 16.3. The number of amides is 1. The lowest BCUT2D eigenvalue weighted by Gasteiger charge is -2.26. The molecule has 0 spiro atoms. The highest BCUT2D eigenvalue weighted by Crippen LogP contribution is 2.32. The van der Waals surface area contributed by atoms with Crippen LogP contribution in [0.4, 0.5) is 0 Å². The predicted molar refractivity (Wildman–Crippen MR) is 91.9 cm³/mol. The Labute approximate surface area is 135 Å². The molecule has 1 aromatic carbocycles. The fourth-order valence-corrected chi connectivity index (χ4v) is 3.25. The van der Waals surface area contributed by atoms with Crippen LogP contribution in [0.5, 0.6) is 0 Å². The Morgan fingerprint density at radius 2 is 1.86 bits per heavy atom. The first-order valence-corrected chi connectivity index (χ1v) is 8.48. The molecular formula is C19H30N2O. The first kappa shape index (κ1) is 17.0. The smallest absolute Gasteiger partial charge is 0.234 e. The number of hydrogen-bond donors (Lipinski definition) is 1. The molecule has 122 valence electrons. The number of benzene rings is 1. The molecule has 3 nitrogen and oxygen atoms in total. The zero-order valence-corrected chi connectivity index (χ0v) is 14.6. The predicted octanol–water partition coefficient (Wildman–Crippen LogP) is 3.60. The average Bonchev–Trinajstić information content (AvgIpc) is 2.85. The van der Waals surface area contributed by atoms with Gasteiger partial charge < -0.3 is 5.32 Å². The number of aryl methyl sites for hydroxylation is 2. The topological polar surface area (TPSA) is 32.3 Å². The molecular weight excluding hydrogens is 272 g/mol. The largest absolute Gasteiger partial charge is 0.352 e. The highest BCUT2D eigenvalue weighted by atomic mass is 16.2. The van der Waals surface area contributed by atoms with E-state index in [-0.39, 0.29) is 11.9 Å². The van der Waals surface area contributed by atoms with Crippen LogP contribution in [0.25, 0.3) is 0 Å². The fourth-order valence-electron chi connectivity index (χ4n) is 3.25. The van der Waals surface area contributed by atoms with E-state index < -0.39 is 0 Å². The molecule has 1 heterocycles. The summed E-state index contributed by atoms with van der Waals surface area (Å²) in [5.74, 6) is 0.621.